The third-order valence-electron chi connectivity index (χ3n) is 3.73. The van der Waals surface area contributed by atoms with Crippen molar-refractivity contribution < 1.29 is 19.0 Å². The van der Waals surface area contributed by atoms with Crippen LogP contribution in [0.2, 0.25) is 0 Å². The lowest BCUT2D eigenvalue weighted by Crippen LogP contribution is -2.40. The molecule has 120 valence electrons. The second-order valence-electron chi connectivity index (χ2n) is 5.39. The van der Waals surface area contributed by atoms with Gasteiger partial charge < -0.3 is 19.5 Å². The Labute approximate surface area is 135 Å². The monoisotopic (exact) mass is 313 g/mol. The number of hydrogen-bond donors (Lipinski definition) is 1. The first-order valence-corrected chi connectivity index (χ1v) is 7.48. The van der Waals surface area contributed by atoms with Gasteiger partial charge in [0, 0.05) is 5.56 Å². The SMILES string of the molecule is COc1cc(C(=O)NCC2COc3ccccc3O2)ccc1C. The van der Waals surface area contributed by atoms with Gasteiger partial charge in [0.1, 0.15) is 18.5 Å². The van der Waals surface area contributed by atoms with E-state index in [1.807, 2.05) is 37.3 Å². The van der Waals surface area contributed by atoms with Crippen LogP contribution in [-0.4, -0.2) is 32.3 Å². The van der Waals surface area contributed by atoms with Gasteiger partial charge in [-0.05, 0) is 36.8 Å². The fourth-order valence-corrected chi connectivity index (χ4v) is 2.43. The molecule has 5 nitrogen and oxygen atoms in total. The van der Waals surface area contributed by atoms with Crippen molar-refractivity contribution in [3.05, 3.63) is 53.6 Å². The third kappa shape index (κ3) is 3.39. The van der Waals surface area contributed by atoms with Crippen molar-refractivity contribution >= 4 is 5.91 Å². The fourth-order valence-electron chi connectivity index (χ4n) is 2.43. The van der Waals surface area contributed by atoms with Gasteiger partial charge in [-0.15, -0.1) is 0 Å². The summed E-state index contributed by atoms with van der Waals surface area (Å²) in [7, 11) is 1.59. The van der Waals surface area contributed by atoms with E-state index in [1.54, 1.807) is 19.2 Å². The van der Waals surface area contributed by atoms with E-state index in [1.165, 1.54) is 0 Å². The van der Waals surface area contributed by atoms with Gasteiger partial charge in [-0.25, -0.2) is 0 Å². The minimum atomic E-state index is -0.207. The van der Waals surface area contributed by atoms with Gasteiger partial charge in [-0.1, -0.05) is 18.2 Å². The van der Waals surface area contributed by atoms with Crippen LogP contribution in [0.5, 0.6) is 17.2 Å². The largest absolute Gasteiger partial charge is 0.496 e. The Bertz CT molecular complexity index is 714. The average Bonchev–Trinajstić information content (AvgIpc) is 2.60. The molecule has 1 aliphatic rings. The summed E-state index contributed by atoms with van der Waals surface area (Å²) in [5.41, 5.74) is 1.55. The van der Waals surface area contributed by atoms with E-state index in [2.05, 4.69) is 5.32 Å². The van der Waals surface area contributed by atoms with E-state index in [-0.39, 0.29) is 12.0 Å². The van der Waals surface area contributed by atoms with E-state index in [4.69, 9.17) is 14.2 Å². The highest BCUT2D eigenvalue weighted by Crippen LogP contribution is 2.30. The van der Waals surface area contributed by atoms with Crippen LogP contribution < -0.4 is 19.5 Å². The quantitative estimate of drug-likeness (QED) is 0.942. The molecule has 1 heterocycles. The number of methoxy groups -OCH3 is 1. The molecular formula is C18H19NO4. The molecule has 1 amide bonds. The van der Waals surface area contributed by atoms with Gasteiger partial charge in [-0.2, -0.15) is 0 Å². The van der Waals surface area contributed by atoms with E-state index in [0.29, 0.717) is 30.2 Å². The van der Waals surface area contributed by atoms with Crippen molar-refractivity contribution in [2.24, 2.45) is 0 Å². The van der Waals surface area contributed by atoms with Crippen LogP contribution in [0.4, 0.5) is 0 Å². The lowest BCUT2D eigenvalue weighted by molar-refractivity contribution is 0.0789. The number of ether oxygens (including phenoxy) is 3. The Morgan fingerprint density at radius 2 is 2.04 bits per heavy atom. The fraction of sp³-hybridized carbons (Fsp3) is 0.278. The number of nitrogens with one attached hydrogen (secondary N) is 1. The molecule has 1 aliphatic heterocycles. The Balaban J connectivity index is 1.60. The highest BCUT2D eigenvalue weighted by Gasteiger charge is 2.21. The molecule has 2 aromatic rings. The Morgan fingerprint density at radius 3 is 2.83 bits per heavy atom. The van der Waals surface area contributed by atoms with Gasteiger partial charge in [-0.3, -0.25) is 4.79 Å². The number of amides is 1. The summed E-state index contributed by atoms with van der Waals surface area (Å²) in [6, 6.07) is 12.9. The number of rotatable bonds is 4. The number of carbonyl (C=O) groups excluding carboxylic acids is 1. The summed E-state index contributed by atoms with van der Waals surface area (Å²) < 4.78 is 16.7. The second kappa shape index (κ2) is 6.60. The van der Waals surface area contributed by atoms with Crippen molar-refractivity contribution in [1.82, 2.24) is 5.32 Å². The molecule has 23 heavy (non-hydrogen) atoms. The number of para-hydroxylation sites is 2. The number of aryl methyl sites for hydroxylation is 1. The van der Waals surface area contributed by atoms with Crippen molar-refractivity contribution in [3.63, 3.8) is 0 Å². The molecular weight excluding hydrogens is 294 g/mol. The van der Waals surface area contributed by atoms with Gasteiger partial charge in [0.05, 0.1) is 13.7 Å². The molecule has 1 atom stereocenters. The molecule has 0 spiro atoms. The second-order valence-corrected chi connectivity index (χ2v) is 5.39. The number of benzene rings is 2. The van der Waals surface area contributed by atoms with Crippen LogP contribution in [0.25, 0.3) is 0 Å². The van der Waals surface area contributed by atoms with Crippen LogP contribution in [0.15, 0.2) is 42.5 Å². The summed E-state index contributed by atoms with van der Waals surface area (Å²) in [6.45, 7) is 2.73. The van der Waals surface area contributed by atoms with Gasteiger partial charge >= 0.3 is 0 Å². The first-order valence-electron chi connectivity index (χ1n) is 7.48. The summed E-state index contributed by atoms with van der Waals surface area (Å²) in [5.74, 6) is 1.97. The van der Waals surface area contributed by atoms with E-state index < -0.39 is 0 Å². The highest BCUT2D eigenvalue weighted by atomic mass is 16.6. The van der Waals surface area contributed by atoms with E-state index in [9.17, 15) is 4.79 Å². The summed E-state index contributed by atoms with van der Waals surface area (Å²) in [5, 5.41) is 2.87. The van der Waals surface area contributed by atoms with Gasteiger partial charge in [0.25, 0.3) is 5.91 Å². The Morgan fingerprint density at radius 1 is 1.26 bits per heavy atom. The maximum atomic E-state index is 12.2. The van der Waals surface area contributed by atoms with Crippen LogP contribution in [0, 0.1) is 6.92 Å². The molecule has 0 radical (unpaired) electrons. The molecule has 1 N–H and O–H groups in total. The van der Waals surface area contributed by atoms with Crippen LogP contribution in [0.1, 0.15) is 15.9 Å². The molecule has 0 fully saturated rings. The average molecular weight is 313 g/mol. The molecule has 2 aromatic carbocycles. The van der Waals surface area contributed by atoms with Crippen molar-refractivity contribution in [1.29, 1.82) is 0 Å². The maximum absolute atomic E-state index is 12.2. The topological polar surface area (TPSA) is 56.8 Å². The highest BCUT2D eigenvalue weighted by molar-refractivity contribution is 5.94. The summed E-state index contributed by atoms with van der Waals surface area (Å²) in [4.78, 5) is 12.2. The molecule has 0 saturated heterocycles. The first-order chi connectivity index (χ1) is 11.2. The zero-order valence-corrected chi connectivity index (χ0v) is 13.2. The normalized spacial score (nSPS) is 15.8. The first kappa shape index (κ1) is 15.2. The molecule has 0 aliphatic carbocycles. The van der Waals surface area contributed by atoms with E-state index >= 15 is 0 Å². The van der Waals surface area contributed by atoms with E-state index in [0.717, 1.165) is 11.3 Å². The minimum absolute atomic E-state index is 0.161. The molecule has 0 aromatic heterocycles. The van der Waals surface area contributed by atoms with Crippen LogP contribution in [-0.2, 0) is 0 Å². The van der Waals surface area contributed by atoms with Gasteiger partial charge in [0.15, 0.2) is 11.5 Å². The Kier molecular flexibility index (Phi) is 4.37. The molecule has 1 unspecified atom stereocenters. The van der Waals surface area contributed by atoms with Crippen LogP contribution in [0.3, 0.4) is 0 Å². The van der Waals surface area contributed by atoms with Crippen LogP contribution >= 0.6 is 0 Å². The molecule has 3 rings (SSSR count). The lowest BCUT2D eigenvalue weighted by Gasteiger charge is -2.26. The smallest absolute Gasteiger partial charge is 0.251 e. The number of fused-ring (bicyclic) bond motifs is 1. The van der Waals surface area contributed by atoms with Crippen molar-refractivity contribution in [2.75, 3.05) is 20.3 Å². The molecule has 5 heteroatoms. The zero-order chi connectivity index (χ0) is 16.2. The molecule has 0 saturated carbocycles. The Hall–Kier alpha value is -2.69. The standard InChI is InChI=1S/C18H19NO4/c1-12-7-8-13(9-17(12)21-2)18(20)19-10-14-11-22-15-5-3-4-6-16(15)23-14/h3-9,14H,10-11H2,1-2H3,(H,19,20). The zero-order valence-electron chi connectivity index (χ0n) is 13.2. The van der Waals surface area contributed by atoms with Gasteiger partial charge in [0.2, 0.25) is 0 Å². The molecule has 0 bridgehead atoms. The third-order valence-corrected chi connectivity index (χ3v) is 3.73. The summed E-state index contributed by atoms with van der Waals surface area (Å²) in [6.07, 6.45) is -0.207. The van der Waals surface area contributed by atoms with Crippen molar-refractivity contribution in [2.45, 2.75) is 13.0 Å². The number of carbonyl (C=O) groups is 1. The minimum Gasteiger partial charge on any atom is -0.496 e. The number of hydrogen-bond acceptors (Lipinski definition) is 4. The predicted octanol–water partition coefficient (Wildman–Crippen LogP) is 2.57. The maximum Gasteiger partial charge on any atom is 0.251 e. The lowest BCUT2D eigenvalue weighted by atomic mass is 10.1. The predicted molar refractivity (Wildman–Crippen MR) is 86.4 cm³/mol. The summed E-state index contributed by atoms with van der Waals surface area (Å²) >= 11 is 0. The van der Waals surface area contributed by atoms with Crippen molar-refractivity contribution in [3.8, 4) is 17.2 Å².